The van der Waals surface area contributed by atoms with Gasteiger partial charge in [-0.2, -0.15) is 5.10 Å². The summed E-state index contributed by atoms with van der Waals surface area (Å²) in [6, 6.07) is 10.8. The Morgan fingerprint density at radius 3 is 2.83 bits per heavy atom. The zero-order valence-electron chi connectivity index (χ0n) is 9.25. The van der Waals surface area contributed by atoms with Gasteiger partial charge in [0, 0.05) is 11.1 Å². The second kappa shape index (κ2) is 4.23. The molecule has 0 unspecified atom stereocenters. The zero-order valence-corrected chi connectivity index (χ0v) is 10.0. The lowest BCUT2D eigenvalue weighted by atomic mass is 10.1. The second-order valence-electron chi connectivity index (χ2n) is 3.77. The molecule has 5 heteroatoms. The van der Waals surface area contributed by atoms with Gasteiger partial charge in [0.25, 0.3) is 0 Å². The third-order valence-electron chi connectivity index (χ3n) is 2.69. The lowest BCUT2D eigenvalue weighted by Gasteiger charge is -2.03. The van der Waals surface area contributed by atoms with Crippen molar-refractivity contribution in [1.29, 1.82) is 0 Å². The molecule has 18 heavy (non-hydrogen) atoms. The van der Waals surface area contributed by atoms with Crippen LogP contribution in [0.2, 0.25) is 5.15 Å². The molecule has 4 nitrogen and oxygen atoms in total. The molecule has 0 atom stereocenters. The van der Waals surface area contributed by atoms with E-state index >= 15 is 0 Å². The van der Waals surface area contributed by atoms with E-state index in [1.54, 1.807) is 28.9 Å². The third-order valence-corrected chi connectivity index (χ3v) is 2.90. The molecule has 0 aliphatic rings. The average Bonchev–Trinajstić information content (AvgIpc) is 2.81. The summed E-state index contributed by atoms with van der Waals surface area (Å²) in [7, 11) is 0. The number of rotatable bonds is 2. The van der Waals surface area contributed by atoms with Gasteiger partial charge in [-0.3, -0.25) is 4.79 Å². The van der Waals surface area contributed by atoms with E-state index in [2.05, 4.69) is 10.1 Å². The highest BCUT2D eigenvalue weighted by atomic mass is 35.5. The lowest BCUT2D eigenvalue weighted by molar-refractivity contribution is 0.112. The van der Waals surface area contributed by atoms with Crippen LogP contribution < -0.4 is 0 Å². The van der Waals surface area contributed by atoms with Crippen molar-refractivity contribution in [2.45, 2.75) is 0 Å². The van der Waals surface area contributed by atoms with Crippen LogP contribution in [0.3, 0.4) is 0 Å². The molecule has 0 amide bonds. The molecule has 0 saturated carbocycles. The van der Waals surface area contributed by atoms with E-state index in [-0.39, 0.29) is 0 Å². The highest BCUT2D eigenvalue weighted by molar-refractivity contribution is 6.29. The van der Waals surface area contributed by atoms with Crippen LogP contribution in [-0.4, -0.2) is 20.9 Å². The summed E-state index contributed by atoms with van der Waals surface area (Å²) in [5.41, 5.74) is 2.82. The lowest BCUT2D eigenvalue weighted by Crippen LogP contribution is -1.96. The van der Waals surface area contributed by atoms with E-state index in [1.165, 1.54) is 0 Å². The smallest absolute Gasteiger partial charge is 0.154 e. The van der Waals surface area contributed by atoms with Crippen molar-refractivity contribution in [2.24, 2.45) is 0 Å². The maximum atomic E-state index is 11.0. The third kappa shape index (κ3) is 1.67. The number of halogens is 1. The van der Waals surface area contributed by atoms with Crippen molar-refractivity contribution in [1.82, 2.24) is 14.6 Å². The van der Waals surface area contributed by atoms with E-state index in [4.69, 9.17) is 11.6 Å². The van der Waals surface area contributed by atoms with E-state index in [1.807, 2.05) is 18.2 Å². The Morgan fingerprint density at radius 1 is 1.17 bits per heavy atom. The summed E-state index contributed by atoms with van der Waals surface area (Å²) in [6.07, 6.45) is 2.50. The van der Waals surface area contributed by atoms with Gasteiger partial charge in [-0.25, -0.2) is 9.50 Å². The topological polar surface area (TPSA) is 47.3 Å². The molecule has 1 aromatic carbocycles. The van der Waals surface area contributed by atoms with E-state index in [0.29, 0.717) is 16.4 Å². The van der Waals surface area contributed by atoms with Gasteiger partial charge < -0.3 is 0 Å². The first-order valence-corrected chi connectivity index (χ1v) is 5.72. The first-order valence-electron chi connectivity index (χ1n) is 5.34. The number of aromatic nitrogens is 3. The fraction of sp³-hybridized carbons (Fsp3) is 0. The highest BCUT2D eigenvalue weighted by Crippen LogP contribution is 2.23. The molecule has 3 aromatic rings. The van der Waals surface area contributed by atoms with Crippen molar-refractivity contribution in [3.8, 4) is 11.3 Å². The fourth-order valence-corrected chi connectivity index (χ4v) is 2.01. The number of benzene rings is 1. The van der Waals surface area contributed by atoms with Gasteiger partial charge in [0.05, 0.1) is 11.9 Å². The van der Waals surface area contributed by atoms with Crippen LogP contribution >= 0.6 is 11.6 Å². The van der Waals surface area contributed by atoms with Crippen LogP contribution in [0.1, 0.15) is 10.4 Å². The van der Waals surface area contributed by atoms with E-state index in [0.717, 1.165) is 17.5 Å². The Kier molecular flexibility index (Phi) is 2.57. The van der Waals surface area contributed by atoms with Crippen LogP contribution in [0.15, 0.2) is 42.6 Å². The standard InChI is InChI=1S/C13H8ClN3O/c14-12-5-6-13-15-7-11(17(13)16-12)10-4-2-1-3-9(10)8-18/h1-8H. The molecule has 0 spiro atoms. The quantitative estimate of drug-likeness (QED) is 0.663. The van der Waals surface area contributed by atoms with Crippen molar-refractivity contribution in [3.63, 3.8) is 0 Å². The Hall–Kier alpha value is -2.20. The molecule has 0 N–H and O–H groups in total. The number of carbonyl (C=O) groups is 1. The molecule has 0 bridgehead atoms. The summed E-state index contributed by atoms with van der Waals surface area (Å²) >= 11 is 5.88. The van der Waals surface area contributed by atoms with Gasteiger partial charge in [0.1, 0.15) is 5.15 Å². The molecular weight excluding hydrogens is 250 g/mol. The molecule has 0 fully saturated rings. The van der Waals surface area contributed by atoms with Gasteiger partial charge in [0.15, 0.2) is 11.9 Å². The zero-order chi connectivity index (χ0) is 12.5. The molecule has 88 valence electrons. The van der Waals surface area contributed by atoms with E-state index in [9.17, 15) is 4.79 Å². The predicted molar refractivity (Wildman–Crippen MR) is 68.8 cm³/mol. The normalized spacial score (nSPS) is 10.7. The SMILES string of the molecule is O=Cc1ccccc1-c1cnc2ccc(Cl)nn12. The number of imidazole rings is 1. The molecular formula is C13H8ClN3O. The van der Waals surface area contributed by atoms with Crippen LogP contribution in [0.4, 0.5) is 0 Å². The maximum absolute atomic E-state index is 11.0. The Morgan fingerprint density at radius 2 is 2.00 bits per heavy atom. The maximum Gasteiger partial charge on any atom is 0.154 e. The summed E-state index contributed by atoms with van der Waals surface area (Å²) in [5, 5.41) is 4.57. The van der Waals surface area contributed by atoms with Gasteiger partial charge in [-0.15, -0.1) is 0 Å². The minimum absolute atomic E-state index is 0.380. The van der Waals surface area contributed by atoms with E-state index < -0.39 is 0 Å². The van der Waals surface area contributed by atoms with Crippen molar-refractivity contribution in [2.75, 3.05) is 0 Å². The first kappa shape index (κ1) is 10.9. The fourth-order valence-electron chi connectivity index (χ4n) is 1.87. The van der Waals surface area contributed by atoms with Crippen LogP contribution in [0, 0.1) is 0 Å². The molecule has 2 aromatic heterocycles. The molecule has 0 aliphatic heterocycles. The number of nitrogens with zero attached hydrogens (tertiary/aromatic N) is 3. The predicted octanol–water partition coefficient (Wildman–Crippen LogP) is 2.86. The number of hydrogen-bond acceptors (Lipinski definition) is 3. The van der Waals surface area contributed by atoms with Crippen molar-refractivity contribution < 1.29 is 4.79 Å². The van der Waals surface area contributed by atoms with Gasteiger partial charge >= 0.3 is 0 Å². The number of hydrogen-bond donors (Lipinski definition) is 0. The van der Waals surface area contributed by atoms with Crippen molar-refractivity contribution >= 4 is 23.5 Å². The summed E-state index contributed by atoms with van der Waals surface area (Å²) in [4.78, 5) is 15.3. The van der Waals surface area contributed by atoms with Crippen LogP contribution in [-0.2, 0) is 0 Å². The number of aldehydes is 1. The summed E-state index contributed by atoms with van der Waals surface area (Å²) in [6.45, 7) is 0. The minimum atomic E-state index is 0.380. The Bertz CT molecular complexity index is 736. The number of fused-ring (bicyclic) bond motifs is 1. The largest absolute Gasteiger partial charge is 0.298 e. The summed E-state index contributed by atoms with van der Waals surface area (Å²) < 4.78 is 1.63. The van der Waals surface area contributed by atoms with Crippen LogP contribution in [0.25, 0.3) is 16.9 Å². The summed E-state index contributed by atoms with van der Waals surface area (Å²) in [5.74, 6) is 0. The monoisotopic (exact) mass is 257 g/mol. The molecule has 0 aliphatic carbocycles. The van der Waals surface area contributed by atoms with Gasteiger partial charge in [-0.05, 0) is 12.1 Å². The molecule has 3 rings (SSSR count). The Balaban J connectivity index is 2.31. The van der Waals surface area contributed by atoms with Gasteiger partial charge in [0.2, 0.25) is 0 Å². The highest BCUT2D eigenvalue weighted by Gasteiger charge is 2.10. The minimum Gasteiger partial charge on any atom is -0.298 e. The van der Waals surface area contributed by atoms with Crippen molar-refractivity contribution in [3.05, 3.63) is 53.3 Å². The second-order valence-corrected chi connectivity index (χ2v) is 4.16. The first-order chi connectivity index (χ1) is 8.79. The molecule has 0 saturated heterocycles. The Labute approximate surface area is 108 Å². The molecule has 0 radical (unpaired) electrons. The van der Waals surface area contributed by atoms with Crippen LogP contribution in [0.5, 0.6) is 0 Å². The molecule has 2 heterocycles. The number of carbonyl (C=O) groups excluding carboxylic acids is 1. The average molecular weight is 258 g/mol. The van der Waals surface area contributed by atoms with Gasteiger partial charge in [-0.1, -0.05) is 35.9 Å².